The summed E-state index contributed by atoms with van der Waals surface area (Å²) >= 11 is 0. The van der Waals surface area contributed by atoms with Crippen molar-refractivity contribution in [3.8, 4) is 0 Å². The molecule has 0 fully saturated rings. The molecule has 0 atom stereocenters. The molecule has 0 aliphatic carbocycles. The third-order valence-electron chi connectivity index (χ3n) is 2.45. The van der Waals surface area contributed by atoms with Crippen LogP contribution < -0.4 is 5.56 Å². The lowest BCUT2D eigenvalue weighted by atomic mass is 9.92. The first kappa shape index (κ1) is 9.96. The Bertz CT molecular complexity index is 557. The Morgan fingerprint density at radius 1 is 1.40 bits per heavy atom. The molecule has 4 heteroatoms. The van der Waals surface area contributed by atoms with Crippen LogP contribution >= 0.6 is 0 Å². The molecule has 1 N–H and O–H groups in total. The van der Waals surface area contributed by atoms with Gasteiger partial charge < -0.3 is 0 Å². The number of nitrogens with zero attached hydrogens (tertiary/aromatic N) is 2. The van der Waals surface area contributed by atoms with Crippen molar-refractivity contribution in [2.45, 2.75) is 33.1 Å². The highest BCUT2D eigenvalue weighted by molar-refractivity contribution is 5.46. The van der Waals surface area contributed by atoms with Crippen LogP contribution in [0, 0.1) is 6.92 Å². The fourth-order valence-corrected chi connectivity index (χ4v) is 1.48. The average molecular weight is 205 g/mol. The van der Waals surface area contributed by atoms with Gasteiger partial charge in [0.15, 0.2) is 5.65 Å². The zero-order valence-corrected chi connectivity index (χ0v) is 9.46. The Morgan fingerprint density at radius 2 is 2.07 bits per heavy atom. The van der Waals surface area contributed by atoms with Gasteiger partial charge in [0.2, 0.25) is 0 Å². The Labute approximate surface area is 87.9 Å². The minimum atomic E-state index is -0.0996. The third-order valence-corrected chi connectivity index (χ3v) is 2.45. The van der Waals surface area contributed by atoms with Gasteiger partial charge in [-0.15, -0.1) is 0 Å². The first-order valence-electron chi connectivity index (χ1n) is 4.98. The molecule has 2 aromatic rings. The molecule has 80 valence electrons. The highest BCUT2D eigenvalue weighted by atomic mass is 16.1. The maximum absolute atomic E-state index is 11.8. The zero-order chi connectivity index (χ0) is 11.2. The molecule has 0 saturated carbocycles. The number of nitrogens with one attached hydrogen (secondary N) is 1. The van der Waals surface area contributed by atoms with Gasteiger partial charge in [-0.05, 0) is 6.92 Å². The summed E-state index contributed by atoms with van der Waals surface area (Å²) in [5.41, 5.74) is 2.37. The third kappa shape index (κ3) is 1.56. The van der Waals surface area contributed by atoms with E-state index >= 15 is 0 Å². The fraction of sp³-hybridized carbons (Fsp3) is 0.455. The van der Waals surface area contributed by atoms with Crippen molar-refractivity contribution in [2.75, 3.05) is 0 Å². The summed E-state index contributed by atoms with van der Waals surface area (Å²) in [6.45, 7) is 8.08. The summed E-state index contributed by atoms with van der Waals surface area (Å²) in [6, 6.07) is 1.59. The number of aromatic nitrogens is 3. The lowest BCUT2D eigenvalue weighted by molar-refractivity contribution is 0.566. The van der Waals surface area contributed by atoms with Gasteiger partial charge in [-0.1, -0.05) is 20.8 Å². The van der Waals surface area contributed by atoms with Crippen molar-refractivity contribution in [3.63, 3.8) is 0 Å². The van der Waals surface area contributed by atoms with Crippen LogP contribution in [0.15, 0.2) is 17.1 Å². The molecule has 0 aliphatic rings. The van der Waals surface area contributed by atoms with Crippen LogP contribution in [0.1, 0.15) is 32.0 Å². The van der Waals surface area contributed by atoms with Crippen LogP contribution in [0.2, 0.25) is 0 Å². The summed E-state index contributed by atoms with van der Waals surface area (Å²) in [5.74, 6) is 0. The monoisotopic (exact) mass is 205 g/mol. The lowest BCUT2D eigenvalue weighted by Crippen LogP contribution is -2.22. The molecule has 0 aliphatic heterocycles. The molecule has 2 rings (SSSR count). The van der Waals surface area contributed by atoms with Crippen LogP contribution in [-0.4, -0.2) is 14.6 Å². The van der Waals surface area contributed by atoms with E-state index in [0.717, 1.165) is 11.3 Å². The van der Waals surface area contributed by atoms with Crippen LogP contribution in [0.25, 0.3) is 5.65 Å². The van der Waals surface area contributed by atoms with Gasteiger partial charge >= 0.3 is 0 Å². The number of hydrogen-bond acceptors (Lipinski definition) is 2. The maximum Gasteiger partial charge on any atom is 0.272 e. The summed E-state index contributed by atoms with van der Waals surface area (Å²) in [5, 5.41) is 2.88. The fourth-order valence-electron chi connectivity index (χ4n) is 1.48. The Kier molecular flexibility index (Phi) is 1.96. The van der Waals surface area contributed by atoms with Gasteiger partial charge in [0.25, 0.3) is 5.56 Å². The second kappa shape index (κ2) is 2.95. The molecule has 0 spiro atoms. The summed E-state index contributed by atoms with van der Waals surface area (Å²) in [7, 11) is 0. The van der Waals surface area contributed by atoms with E-state index in [9.17, 15) is 4.79 Å². The number of H-pyrrole nitrogens is 1. The van der Waals surface area contributed by atoms with Gasteiger partial charge in [0.1, 0.15) is 0 Å². The highest BCUT2D eigenvalue weighted by Gasteiger charge is 2.18. The van der Waals surface area contributed by atoms with Crippen LogP contribution in [0.3, 0.4) is 0 Å². The van der Waals surface area contributed by atoms with E-state index in [1.54, 1.807) is 12.3 Å². The van der Waals surface area contributed by atoms with Crippen LogP contribution in [-0.2, 0) is 5.41 Å². The summed E-state index contributed by atoms with van der Waals surface area (Å²) < 4.78 is 1.46. The normalized spacial score (nSPS) is 12.3. The van der Waals surface area contributed by atoms with E-state index in [-0.39, 0.29) is 11.0 Å². The van der Waals surface area contributed by atoms with E-state index in [2.05, 4.69) is 10.1 Å². The minimum Gasteiger partial charge on any atom is -0.297 e. The second-order valence-corrected chi connectivity index (χ2v) is 4.85. The number of aryl methyl sites for hydroxylation is 1. The smallest absolute Gasteiger partial charge is 0.272 e. The average Bonchev–Trinajstić information content (AvgIpc) is 2.47. The SMILES string of the molecule is Cc1c[nH]n2c(=O)cc(C(C)(C)C)nc12. The molecule has 0 aromatic carbocycles. The predicted octanol–water partition coefficient (Wildman–Crippen LogP) is 1.63. The van der Waals surface area contributed by atoms with E-state index < -0.39 is 0 Å². The van der Waals surface area contributed by atoms with E-state index in [1.165, 1.54) is 4.52 Å². The molecular formula is C11H15N3O. The van der Waals surface area contributed by atoms with Crippen molar-refractivity contribution in [1.29, 1.82) is 0 Å². The second-order valence-electron chi connectivity index (χ2n) is 4.85. The molecule has 2 aromatic heterocycles. The van der Waals surface area contributed by atoms with Gasteiger partial charge in [0, 0.05) is 23.2 Å². The van der Waals surface area contributed by atoms with E-state index in [0.29, 0.717) is 5.65 Å². The van der Waals surface area contributed by atoms with Crippen molar-refractivity contribution in [3.05, 3.63) is 33.9 Å². The Hall–Kier alpha value is -1.58. The molecule has 0 radical (unpaired) electrons. The number of rotatable bonds is 0. The molecule has 0 amide bonds. The number of fused-ring (bicyclic) bond motifs is 1. The number of hydrogen-bond donors (Lipinski definition) is 1. The van der Waals surface area contributed by atoms with Crippen LogP contribution in [0.4, 0.5) is 0 Å². The molecular weight excluding hydrogens is 190 g/mol. The molecule has 0 bridgehead atoms. The highest BCUT2D eigenvalue weighted by Crippen LogP contribution is 2.19. The number of aromatic amines is 1. The first-order chi connectivity index (χ1) is 6.89. The first-order valence-corrected chi connectivity index (χ1v) is 4.98. The standard InChI is InChI=1S/C11H15N3O/c1-7-6-12-14-9(15)5-8(11(2,3)4)13-10(7)14/h5-6,12H,1-4H3. The predicted molar refractivity (Wildman–Crippen MR) is 59.2 cm³/mol. The van der Waals surface area contributed by atoms with Crippen molar-refractivity contribution in [1.82, 2.24) is 14.6 Å². The van der Waals surface area contributed by atoms with Gasteiger partial charge in [0.05, 0.1) is 5.69 Å². The summed E-state index contributed by atoms with van der Waals surface area (Å²) in [6.07, 6.45) is 1.79. The molecule has 4 nitrogen and oxygen atoms in total. The molecule has 0 saturated heterocycles. The largest absolute Gasteiger partial charge is 0.297 e. The lowest BCUT2D eigenvalue weighted by Gasteiger charge is -2.17. The Balaban J connectivity index is 2.82. The van der Waals surface area contributed by atoms with Gasteiger partial charge in [-0.25, -0.2) is 9.50 Å². The van der Waals surface area contributed by atoms with E-state index in [1.807, 2.05) is 27.7 Å². The quantitative estimate of drug-likeness (QED) is 0.710. The van der Waals surface area contributed by atoms with Gasteiger partial charge in [-0.3, -0.25) is 9.89 Å². The van der Waals surface area contributed by atoms with E-state index in [4.69, 9.17) is 0 Å². The Morgan fingerprint density at radius 3 is 2.67 bits per heavy atom. The molecule has 15 heavy (non-hydrogen) atoms. The van der Waals surface area contributed by atoms with Crippen molar-refractivity contribution >= 4 is 5.65 Å². The van der Waals surface area contributed by atoms with Crippen LogP contribution in [0.5, 0.6) is 0 Å². The molecule has 0 unspecified atom stereocenters. The minimum absolute atomic E-state index is 0.0574. The summed E-state index contributed by atoms with van der Waals surface area (Å²) in [4.78, 5) is 16.2. The molecule has 2 heterocycles. The van der Waals surface area contributed by atoms with Crippen molar-refractivity contribution in [2.24, 2.45) is 0 Å². The maximum atomic E-state index is 11.8. The van der Waals surface area contributed by atoms with Crippen molar-refractivity contribution < 1.29 is 0 Å². The zero-order valence-electron chi connectivity index (χ0n) is 9.46. The topological polar surface area (TPSA) is 50.2 Å². The van der Waals surface area contributed by atoms with Gasteiger partial charge in [-0.2, -0.15) is 0 Å².